The molecule has 1 atom stereocenters. The second-order valence-corrected chi connectivity index (χ2v) is 6.02. The number of nitrogens with one attached hydrogen (secondary N) is 1. The zero-order valence-electron chi connectivity index (χ0n) is 13.3. The lowest BCUT2D eigenvalue weighted by molar-refractivity contribution is 0.0830. The maximum Gasteiger partial charge on any atom is 0.174 e. The van der Waals surface area contributed by atoms with Crippen molar-refractivity contribution >= 4 is 5.78 Å². The highest BCUT2D eigenvalue weighted by Gasteiger charge is 2.27. The van der Waals surface area contributed by atoms with E-state index in [2.05, 4.69) is 29.6 Å². The SMILES string of the molecule is O=C1c2ccccc2OCC1CNCCCCc1ccccc1. The van der Waals surface area contributed by atoms with Gasteiger partial charge in [-0.05, 0) is 43.5 Å². The van der Waals surface area contributed by atoms with Crippen LogP contribution in [0.4, 0.5) is 0 Å². The summed E-state index contributed by atoms with van der Waals surface area (Å²) in [5.74, 6) is 0.847. The first kappa shape index (κ1) is 15.8. The molecule has 1 heterocycles. The van der Waals surface area contributed by atoms with Crippen molar-refractivity contribution in [1.82, 2.24) is 5.32 Å². The number of aryl methyl sites for hydroxylation is 1. The largest absolute Gasteiger partial charge is 0.492 e. The Kier molecular flexibility index (Phi) is 5.43. The lowest BCUT2D eigenvalue weighted by Gasteiger charge is -2.24. The average molecular weight is 309 g/mol. The van der Waals surface area contributed by atoms with E-state index in [1.807, 2.05) is 30.3 Å². The highest BCUT2D eigenvalue weighted by atomic mass is 16.5. The summed E-state index contributed by atoms with van der Waals surface area (Å²) in [6.45, 7) is 2.11. The number of rotatable bonds is 7. The van der Waals surface area contributed by atoms with Crippen LogP contribution in [0.3, 0.4) is 0 Å². The summed E-state index contributed by atoms with van der Waals surface area (Å²) < 4.78 is 5.68. The summed E-state index contributed by atoms with van der Waals surface area (Å²) in [6, 6.07) is 18.1. The number of ether oxygens (including phenoxy) is 1. The molecule has 1 aliphatic rings. The van der Waals surface area contributed by atoms with E-state index in [4.69, 9.17) is 4.74 Å². The lowest BCUT2D eigenvalue weighted by atomic mass is 9.95. The first-order valence-electron chi connectivity index (χ1n) is 8.35. The van der Waals surface area contributed by atoms with E-state index in [0.29, 0.717) is 13.2 Å². The Morgan fingerprint density at radius 3 is 2.65 bits per heavy atom. The van der Waals surface area contributed by atoms with E-state index < -0.39 is 0 Å². The molecule has 0 saturated heterocycles. The maximum absolute atomic E-state index is 12.4. The van der Waals surface area contributed by atoms with Crippen molar-refractivity contribution in [2.75, 3.05) is 19.7 Å². The number of carbonyl (C=O) groups is 1. The molecule has 0 aromatic heterocycles. The highest BCUT2D eigenvalue weighted by molar-refractivity contribution is 6.01. The molecule has 3 rings (SSSR count). The molecule has 0 aliphatic carbocycles. The van der Waals surface area contributed by atoms with Crippen LogP contribution in [0.2, 0.25) is 0 Å². The normalized spacial score (nSPS) is 16.7. The van der Waals surface area contributed by atoms with Crippen LogP contribution in [0.1, 0.15) is 28.8 Å². The number of hydrogen-bond acceptors (Lipinski definition) is 3. The fraction of sp³-hybridized carbons (Fsp3) is 0.350. The van der Waals surface area contributed by atoms with E-state index in [1.165, 1.54) is 5.56 Å². The highest BCUT2D eigenvalue weighted by Crippen LogP contribution is 2.26. The summed E-state index contributed by atoms with van der Waals surface area (Å²) in [5.41, 5.74) is 2.11. The lowest BCUT2D eigenvalue weighted by Crippen LogP contribution is -2.36. The molecule has 23 heavy (non-hydrogen) atoms. The van der Waals surface area contributed by atoms with Crippen molar-refractivity contribution in [3.05, 3.63) is 65.7 Å². The molecule has 2 aromatic rings. The van der Waals surface area contributed by atoms with E-state index in [9.17, 15) is 4.79 Å². The smallest absolute Gasteiger partial charge is 0.174 e. The van der Waals surface area contributed by atoms with E-state index in [-0.39, 0.29) is 11.7 Å². The van der Waals surface area contributed by atoms with Gasteiger partial charge in [-0.2, -0.15) is 0 Å². The molecule has 2 aromatic carbocycles. The molecule has 0 spiro atoms. The first-order chi connectivity index (χ1) is 11.3. The molecule has 120 valence electrons. The Morgan fingerprint density at radius 1 is 1.00 bits per heavy atom. The second kappa shape index (κ2) is 7.93. The van der Waals surface area contributed by atoms with Crippen molar-refractivity contribution in [3.8, 4) is 5.75 Å². The molecule has 0 radical (unpaired) electrons. The summed E-state index contributed by atoms with van der Waals surface area (Å²) in [7, 11) is 0. The summed E-state index contributed by atoms with van der Waals surface area (Å²) in [4.78, 5) is 12.4. The number of Topliss-reactive ketones (excluding diaryl/α,β-unsaturated/α-hetero) is 1. The number of fused-ring (bicyclic) bond motifs is 1. The molecular formula is C20H23NO2. The Bertz CT molecular complexity index is 639. The molecule has 1 unspecified atom stereocenters. The fourth-order valence-corrected chi connectivity index (χ4v) is 2.93. The van der Waals surface area contributed by atoms with Crippen LogP contribution in [-0.4, -0.2) is 25.5 Å². The molecule has 1 aliphatic heterocycles. The second-order valence-electron chi connectivity index (χ2n) is 6.02. The standard InChI is InChI=1S/C20H23NO2/c22-20-17(15-23-19-12-5-4-11-18(19)20)14-21-13-7-6-10-16-8-2-1-3-9-16/h1-5,8-9,11-12,17,21H,6-7,10,13-15H2. The summed E-state index contributed by atoms with van der Waals surface area (Å²) in [6.07, 6.45) is 3.39. The molecule has 0 amide bonds. The number of ketones is 1. The number of carbonyl (C=O) groups excluding carboxylic acids is 1. The molecule has 3 heteroatoms. The van der Waals surface area contributed by atoms with Crippen LogP contribution >= 0.6 is 0 Å². The van der Waals surface area contributed by atoms with Crippen LogP contribution in [-0.2, 0) is 6.42 Å². The van der Waals surface area contributed by atoms with Crippen molar-refractivity contribution in [3.63, 3.8) is 0 Å². The molecule has 0 saturated carbocycles. The Hall–Kier alpha value is -2.13. The molecule has 0 fully saturated rings. The molecule has 0 bridgehead atoms. The van der Waals surface area contributed by atoms with Crippen LogP contribution in [0.5, 0.6) is 5.75 Å². The van der Waals surface area contributed by atoms with Crippen molar-refractivity contribution in [1.29, 1.82) is 0 Å². The predicted octanol–water partition coefficient (Wildman–Crippen LogP) is 3.49. The van der Waals surface area contributed by atoms with Crippen molar-refractivity contribution in [2.45, 2.75) is 19.3 Å². The van der Waals surface area contributed by atoms with Gasteiger partial charge in [0.15, 0.2) is 5.78 Å². The quantitative estimate of drug-likeness (QED) is 0.796. The monoisotopic (exact) mass is 309 g/mol. The van der Waals surface area contributed by atoms with E-state index in [1.54, 1.807) is 0 Å². The number of unbranched alkanes of at least 4 members (excludes halogenated alkanes) is 1. The van der Waals surface area contributed by atoms with Gasteiger partial charge in [0.05, 0.1) is 18.1 Å². The van der Waals surface area contributed by atoms with Gasteiger partial charge in [-0.15, -0.1) is 0 Å². The van der Waals surface area contributed by atoms with Gasteiger partial charge in [0.25, 0.3) is 0 Å². The van der Waals surface area contributed by atoms with Gasteiger partial charge < -0.3 is 10.1 Å². The number of benzene rings is 2. The number of hydrogen-bond donors (Lipinski definition) is 1. The molecule has 3 nitrogen and oxygen atoms in total. The van der Waals surface area contributed by atoms with Crippen LogP contribution in [0, 0.1) is 5.92 Å². The van der Waals surface area contributed by atoms with Crippen LogP contribution in [0.15, 0.2) is 54.6 Å². The van der Waals surface area contributed by atoms with Gasteiger partial charge in [0.1, 0.15) is 5.75 Å². The molecular weight excluding hydrogens is 286 g/mol. The minimum atomic E-state index is -0.0703. The predicted molar refractivity (Wildman–Crippen MR) is 92.0 cm³/mol. The van der Waals surface area contributed by atoms with E-state index >= 15 is 0 Å². The van der Waals surface area contributed by atoms with E-state index in [0.717, 1.165) is 37.1 Å². The Labute approximate surface area is 137 Å². The number of para-hydroxylation sites is 1. The van der Waals surface area contributed by atoms with Crippen molar-refractivity contribution in [2.24, 2.45) is 5.92 Å². The third-order valence-corrected chi connectivity index (χ3v) is 4.27. The Balaban J connectivity index is 1.36. The average Bonchev–Trinajstić information content (AvgIpc) is 2.61. The van der Waals surface area contributed by atoms with Gasteiger partial charge in [0.2, 0.25) is 0 Å². The minimum absolute atomic E-state index is 0.0703. The van der Waals surface area contributed by atoms with Gasteiger partial charge in [-0.3, -0.25) is 4.79 Å². The third kappa shape index (κ3) is 4.20. The van der Waals surface area contributed by atoms with Gasteiger partial charge in [0, 0.05) is 6.54 Å². The van der Waals surface area contributed by atoms with Crippen LogP contribution in [0.25, 0.3) is 0 Å². The summed E-state index contributed by atoms with van der Waals surface area (Å²) >= 11 is 0. The van der Waals surface area contributed by atoms with Gasteiger partial charge in [-0.1, -0.05) is 42.5 Å². The molecule has 1 N–H and O–H groups in total. The first-order valence-corrected chi connectivity index (χ1v) is 8.35. The summed E-state index contributed by atoms with van der Waals surface area (Å²) in [5, 5.41) is 3.40. The van der Waals surface area contributed by atoms with Crippen LogP contribution < -0.4 is 10.1 Å². The maximum atomic E-state index is 12.4. The topological polar surface area (TPSA) is 38.3 Å². The third-order valence-electron chi connectivity index (χ3n) is 4.27. The van der Waals surface area contributed by atoms with Gasteiger partial charge >= 0.3 is 0 Å². The zero-order chi connectivity index (χ0) is 15.9. The van der Waals surface area contributed by atoms with Gasteiger partial charge in [-0.25, -0.2) is 0 Å². The zero-order valence-corrected chi connectivity index (χ0v) is 13.3. The Morgan fingerprint density at radius 2 is 1.78 bits per heavy atom. The van der Waals surface area contributed by atoms with Crippen molar-refractivity contribution < 1.29 is 9.53 Å². The fourth-order valence-electron chi connectivity index (χ4n) is 2.93. The minimum Gasteiger partial charge on any atom is -0.492 e.